The molecule has 0 aromatic rings. The molecule has 1 amide bonds. The topological polar surface area (TPSA) is 100 Å². The largest absolute Gasteiger partial charge is 0.374 e. The standard InChI is InChI=1S/C13H26N4O4S/c1-11(6-8-17(4)22(5,19)20)21-9-7-12(13(18)15-3)16-10-14-2/h7,10-11H,6,8-9H2,1-5H3,(H,14,16)(H,15,18)/b12-7-. The van der Waals surface area contributed by atoms with Gasteiger partial charge in [-0.05, 0) is 19.4 Å². The normalized spacial score (nSPS) is 14.4. The third-order valence-electron chi connectivity index (χ3n) is 2.91. The van der Waals surface area contributed by atoms with E-state index in [1.54, 1.807) is 13.1 Å². The first-order valence-electron chi connectivity index (χ1n) is 6.84. The molecule has 1 unspecified atom stereocenters. The molecule has 8 nitrogen and oxygen atoms in total. The Balaban J connectivity index is 4.34. The van der Waals surface area contributed by atoms with Gasteiger partial charge in [0.2, 0.25) is 10.0 Å². The van der Waals surface area contributed by atoms with Crippen molar-refractivity contribution in [3.63, 3.8) is 0 Å². The van der Waals surface area contributed by atoms with E-state index >= 15 is 0 Å². The third-order valence-corrected chi connectivity index (χ3v) is 4.22. The van der Waals surface area contributed by atoms with Crippen molar-refractivity contribution in [3.8, 4) is 0 Å². The number of hydrogen-bond donors (Lipinski definition) is 2. The molecule has 0 bridgehead atoms. The number of likely N-dealkylation sites (N-methyl/N-ethyl adjacent to an activating group) is 1. The SMILES string of the molecule is CN=CN/C(=C\COC(C)CCN(C)S(C)(=O)=O)C(=O)NC. The van der Waals surface area contributed by atoms with Crippen LogP contribution >= 0.6 is 0 Å². The number of aliphatic imine (C=N–C) groups is 1. The molecule has 22 heavy (non-hydrogen) atoms. The lowest BCUT2D eigenvalue weighted by Gasteiger charge is -2.17. The molecule has 0 aliphatic rings. The predicted molar refractivity (Wildman–Crippen MR) is 87.2 cm³/mol. The second-order valence-corrected chi connectivity index (χ2v) is 6.84. The fourth-order valence-corrected chi connectivity index (χ4v) is 1.83. The summed E-state index contributed by atoms with van der Waals surface area (Å²) in [5.74, 6) is -0.270. The summed E-state index contributed by atoms with van der Waals surface area (Å²) in [5.41, 5.74) is 0.341. The highest BCUT2D eigenvalue weighted by Crippen LogP contribution is 2.02. The average molecular weight is 334 g/mol. The number of hydrogen-bond acceptors (Lipinski definition) is 5. The maximum Gasteiger partial charge on any atom is 0.267 e. The summed E-state index contributed by atoms with van der Waals surface area (Å²) in [6, 6.07) is 0. The van der Waals surface area contributed by atoms with Gasteiger partial charge >= 0.3 is 0 Å². The molecule has 1 atom stereocenters. The van der Waals surface area contributed by atoms with Gasteiger partial charge in [0, 0.05) is 27.7 Å². The summed E-state index contributed by atoms with van der Waals surface area (Å²) in [6.45, 7) is 2.47. The van der Waals surface area contributed by atoms with Crippen LogP contribution in [-0.4, -0.2) is 71.6 Å². The monoisotopic (exact) mass is 334 g/mol. The van der Waals surface area contributed by atoms with Gasteiger partial charge in [-0.2, -0.15) is 0 Å². The molecule has 0 aromatic carbocycles. The van der Waals surface area contributed by atoms with E-state index in [2.05, 4.69) is 15.6 Å². The van der Waals surface area contributed by atoms with Crippen molar-refractivity contribution in [2.75, 3.05) is 40.6 Å². The summed E-state index contributed by atoms with van der Waals surface area (Å²) in [5, 5.41) is 5.26. The highest BCUT2D eigenvalue weighted by atomic mass is 32.2. The second-order valence-electron chi connectivity index (χ2n) is 4.75. The Morgan fingerprint density at radius 3 is 2.59 bits per heavy atom. The molecule has 0 saturated carbocycles. The number of rotatable bonds is 10. The summed E-state index contributed by atoms with van der Waals surface area (Å²) in [7, 11) is 1.48. The summed E-state index contributed by atoms with van der Waals surface area (Å²) in [6.07, 6.45) is 4.61. The van der Waals surface area contributed by atoms with E-state index < -0.39 is 10.0 Å². The van der Waals surface area contributed by atoms with Crippen molar-refractivity contribution in [3.05, 3.63) is 11.8 Å². The van der Waals surface area contributed by atoms with Crippen molar-refractivity contribution in [2.45, 2.75) is 19.4 Å². The minimum absolute atomic E-state index is 0.133. The van der Waals surface area contributed by atoms with Gasteiger partial charge in [-0.1, -0.05) is 0 Å². The maximum absolute atomic E-state index is 11.6. The molecule has 0 saturated heterocycles. The Kier molecular flexibility index (Phi) is 9.63. The number of sulfonamides is 1. The van der Waals surface area contributed by atoms with Crippen LogP contribution in [0.3, 0.4) is 0 Å². The maximum atomic E-state index is 11.6. The van der Waals surface area contributed by atoms with Crippen LogP contribution in [-0.2, 0) is 19.6 Å². The molecule has 2 N–H and O–H groups in total. The second kappa shape index (κ2) is 10.3. The minimum atomic E-state index is -3.17. The first-order chi connectivity index (χ1) is 10.2. The zero-order valence-electron chi connectivity index (χ0n) is 13.8. The Morgan fingerprint density at radius 2 is 2.09 bits per heavy atom. The van der Waals surface area contributed by atoms with E-state index in [1.807, 2.05) is 6.92 Å². The van der Waals surface area contributed by atoms with Gasteiger partial charge < -0.3 is 15.4 Å². The van der Waals surface area contributed by atoms with Crippen LogP contribution in [0.1, 0.15) is 13.3 Å². The van der Waals surface area contributed by atoms with Crippen LogP contribution in [0.2, 0.25) is 0 Å². The Hall–Kier alpha value is -1.45. The summed E-state index contributed by atoms with van der Waals surface area (Å²) < 4.78 is 29.4. The molecule has 0 heterocycles. The fraction of sp³-hybridized carbons (Fsp3) is 0.692. The van der Waals surface area contributed by atoms with Gasteiger partial charge in [0.1, 0.15) is 5.70 Å². The van der Waals surface area contributed by atoms with Crippen LogP contribution in [0, 0.1) is 0 Å². The average Bonchev–Trinajstić information content (AvgIpc) is 2.46. The van der Waals surface area contributed by atoms with Crippen molar-refractivity contribution in [1.29, 1.82) is 0 Å². The first kappa shape index (κ1) is 20.6. The van der Waals surface area contributed by atoms with E-state index in [0.717, 1.165) is 6.26 Å². The molecule has 128 valence electrons. The number of carbonyl (C=O) groups excluding carboxylic acids is 1. The smallest absolute Gasteiger partial charge is 0.267 e. The highest BCUT2D eigenvalue weighted by molar-refractivity contribution is 7.88. The number of nitrogens with one attached hydrogen (secondary N) is 2. The minimum Gasteiger partial charge on any atom is -0.374 e. The zero-order chi connectivity index (χ0) is 17.2. The lowest BCUT2D eigenvalue weighted by Crippen LogP contribution is -2.30. The first-order valence-corrected chi connectivity index (χ1v) is 8.69. The Labute approximate surface area is 132 Å². The molecule has 0 aliphatic heterocycles. The van der Waals surface area contributed by atoms with E-state index in [4.69, 9.17) is 4.74 Å². The van der Waals surface area contributed by atoms with Gasteiger partial charge in [-0.15, -0.1) is 0 Å². The van der Waals surface area contributed by atoms with E-state index in [0.29, 0.717) is 18.7 Å². The van der Waals surface area contributed by atoms with E-state index in [-0.39, 0.29) is 18.6 Å². The Morgan fingerprint density at radius 1 is 1.45 bits per heavy atom. The van der Waals surface area contributed by atoms with Crippen LogP contribution in [0.5, 0.6) is 0 Å². The quantitative estimate of drug-likeness (QED) is 0.320. The highest BCUT2D eigenvalue weighted by Gasteiger charge is 2.12. The number of amides is 1. The molecule has 0 fully saturated rings. The molecular weight excluding hydrogens is 308 g/mol. The van der Waals surface area contributed by atoms with Crippen LogP contribution in [0.25, 0.3) is 0 Å². The van der Waals surface area contributed by atoms with Crippen LogP contribution < -0.4 is 10.6 Å². The van der Waals surface area contributed by atoms with Crippen molar-refractivity contribution in [2.24, 2.45) is 4.99 Å². The third kappa shape index (κ3) is 8.75. The number of nitrogens with zero attached hydrogens (tertiary/aromatic N) is 2. The zero-order valence-corrected chi connectivity index (χ0v) is 14.6. The molecule has 0 spiro atoms. The van der Waals surface area contributed by atoms with Crippen molar-refractivity contribution >= 4 is 22.3 Å². The number of carbonyl (C=O) groups is 1. The van der Waals surface area contributed by atoms with Gasteiger partial charge in [-0.25, -0.2) is 12.7 Å². The van der Waals surface area contributed by atoms with Crippen molar-refractivity contribution < 1.29 is 17.9 Å². The number of ether oxygens (including phenoxy) is 1. The summed E-state index contributed by atoms with van der Waals surface area (Å²) in [4.78, 5) is 15.3. The van der Waals surface area contributed by atoms with Gasteiger partial charge in [0.25, 0.3) is 5.91 Å². The molecule has 0 aliphatic carbocycles. The molecule has 0 aromatic heterocycles. The van der Waals surface area contributed by atoms with E-state index in [9.17, 15) is 13.2 Å². The summed E-state index contributed by atoms with van der Waals surface area (Å²) >= 11 is 0. The van der Waals surface area contributed by atoms with Crippen LogP contribution in [0.15, 0.2) is 16.8 Å². The fourth-order valence-electron chi connectivity index (χ4n) is 1.39. The van der Waals surface area contributed by atoms with Gasteiger partial charge in [0.05, 0.1) is 25.3 Å². The molecule has 0 rings (SSSR count). The van der Waals surface area contributed by atoms with E-state index in [1.165, 1.54) is 24.7 Å². The Bertz CT molecular complexity index is 502. The van der Waals surface area contributed by atoms with Crippen molar-refractivity contribution in [1.82, 2.24) is 14.9 Å². The lowest BCUT2D eigenvalue weighted by molar-refractivity contribution is -0.117. The van der Waals surface area contributed by atoms with Crippen LogP contribution in [0.4, 0.5) is 0 Å². The lowest BCUT2D eigenvalue weighted by atomic mass is 10.3. The predicted octanol–water partition coefficient (Wildman–Crippen LogP) is -0.449. The van der Waals surface area contributed by atoms with Gasteiger partial charge in [0.15, 0.2) is 0 Å². The molecular formula is C13H26N4O4S. The molecule has 0 radical (unpaired) electrons. The molecule has 9 heteroatoms. The van der Waals surface area contributed by atoms with Gasteiger partial charge in [-0.3, -0.25) is 9.79 Å².